The monoisotopic (exact) mass is 313 g/mol. The third kappa shape index (κ3) is 3.91. The van der Waals surface area contributed by atoms with Gasteiger partial charge in [-0.3, -0.25) is 10.2 Å². The molecule has 2 N–H and O–H groups in total. The Kier molecular flexibility index (Phi) is 5.04. The Morgan fingerprint density at radius 2 is 2.17 bits per heavy atom. The van der Waals surface area contributed by atoms with Gasteiger partial charge in [0.1, 0.15) is 6.07 Å². The first-order valence-electron chi connectivity index (χ1n) is 6.84. The largest absolute Gasteiger partial charge is 0.464 e. The van der Waals surface area contributed by atoms with Crippen LogP contribution in [-0.2, 0) is 14.3 Å². The van der Waals surface area contributed by atoms with Gasteiger partial charge in [0.05, 0.1) is 18.5 Å². The number of hydrogen-bond donors (Lipinski definition) is 2. The average molecular weight is 313 g/mol. The molecule has 0 bridgehead atoms. The van der Waals surface area contributed by atoms with E-state index in [1.54, 1.807) is 18.2 Å². The van der Waals surface area contributed by atoms with Gasteiger partial charge in [0.25, 0.3) is 0 Å². The number of esters is 1. The lowest BCUT2D eigenvalue weighted by atomic mass is 9.94. The fourth-order valence-corrected chi connectivity index (χ4v) is 2.05. The van der Waals surface area contributed by atoms with Gasteiger partial charge in [-0.2, -0.15) is 15.5 Å². The highest BCUT2D eigenvalue weighted by molar-refractivity contribution is 6.43. The maximum atomic E-state index is 11.3. The first kappa shape index (κ1) is 16.2. The molecule has 0 unspecified atom stereocenters. The Hall–Kier alpha value is -3.21. The van der Waals surface area contributed by atoms with Crippen molar-refractivity contribution in [1.29, 1.82) is 5.26 Å². The van der Waals surface area contributed by atoms with Crippen LogP contribution in [-0.4, -0.2) is 30.4 Å². The lowest BCUT2D eigenvalue weighted by molar-refractivity contribution is -0.132. The molecule has 1 atom stereocenters. The van der Waals surface area contributed by atoms with Gasteiger partial charge in [-0.1, -0.05) is 19.1 Å². The minimum absolute atomic E-state index is 0.0325. The van der Waals surface area contributed by atoms with Gasteiger partial charge in [0, 0.05) is 12.3 Å². The third-order valence-corrected chi connectivity index (χ3v) is 3.22. The van der Waals surface area contributed by atoms with E-state index in [4.69, 9.17) is 5.26 Å². The molecule has 0 aromatic heterocycles. The van der Waals surface area contributed by atoms with Crippen LogP contribution in [0.1, 0.15) is 18.9 Å². The number of nitrogens with zero attached hydrogens (tertiary/aromatic N) is 3. The molecule has 0 spiro atoms. The lowest BCUT2D eigenvalue weighted by Crippen LogP contribution is -2.31. The van der Waals surface area contributed by atoms with Crippen molar-refractivity contribution in [2.45, 2.75) is 13.3 Å². The minimum atomic E-state index is -0.808. The molecule has 118 valence electrons. The Labute approximate surface area is 132 Å². The van der Waals surface area contributed by atoms with Gasteiger partial charge in [-0.05, 0) is 17.7 Å². The van der Waals surface area contributed by atoms with Crippen molar-refractivity contribution in [3.8, 4) is 6.07 Å². The summed E-state index contributed by atoms with van der Waals surface area (Å²) in [4.78, 5) is 22.5. The van der Waals surface area contributed by atoms with Gasteiger partial charge in [0.15, 0.2) is 0 Å². The zero-order chi connectivity index (χ0) is 16.8. The minimum Gasteiger partial charge on any atom is -0.464 e. The molecule has 1 heterocycles. The van der Waals surface area contributed by atoms with Gasteiger partial charge >= 0.3 is 5.97 Å². The maximum Gasteiger partial charge on any atom is 0.369 e. The van der Waals surface area contributed by atoms with Crippen LogP contribution in [0.4, 0.5) is 5.69 Å². The van der Waals surface area contributed by atoms with Crippen LogP contribution in [0.15, 0.2) is 34.5 Å². The molecule has 8 nitrogen and oxygen atoms in total. The van der Waals surface area contributed by atoms with Gasteiger partial charge < -0.3 is 4.74 Å². The van der Waals surface area contributed by atoms with Crippen molar-refractivity contribution < 1.29 is 14.3 Å². The number of nitrogens with one attached hydrogen (secondary N) is 2. The Bertz CT molecular complexity index is 716. The quantitative estimate of drug-likeness (QED) is 0.489. The summed E-state index contributed by atoms with van der Waals surface area (Å²) in [6.07, 6.45) is 0.397. The predicted molar refractivity (Wildman–Crippen MR) is 83.6 cm³/mol. The number of carbonyl (C=O) groups is 2. The molecule has 1 aliphatic rings. The molecule has 0 saturated carbocycles. The van der Waals surface area contributed by atoms with Gasteiger partial charge in [0.2, 0.25) is 11.6 Å². The number of hydrazone groups is 2. The second kappa shape index (κ2) is 7.17. The number of hydrogen-bond acceptors (Lipinski definition) is 7. The second-order valence-electron chi connectivity index (χ2n) is 4.89. The van der Waals surface area contributed by atoms with Crippen LogP contribution in [0.5, 0.6) is 0 Å². The molecule has 23 heavy (non-hydrogen) atoms. The van der Waals surface area contributed by atoms with Crippen LogP contribution in [0.2, 0.25) is 0 Å². The Morgan fingerprint density at radius 1 is 1.48 bits per heavy atom. The topological polar surface area (TPSA) is 116 Å². The summed E-state index contributed by atoms with van der Waals surface area (Å²) >= 11 is 0. The summed E-state index contributed by atoms with van der Waals surface area (Å²) in [6.45, 7) is 1.93. The molecule has 1 aliphatic heterocycles. The molecule has 0 saturated heterocycles. The van der Waals surface area contributed by atoms with E-state index in [0.717, 1.165) is 11.3 Å². The normalized spacial score (nSPS) is 17.6. The molecule has 0 fully saturated rings. The molecular formula is C15H15N5O3. The van der Waals surface area contributed by atoms with Crippen LogP contribution in [0.25, 0.3) is 0 Å². The summed E-state index contributed by atoms with van der Waals surface area (Å²) in [5.41, 5.74) is 6.98. The number of benzene rings is 1. The standard InChI is InChI=1S/C15H15N5O3/c1-9-7-13(21)19-20-14(9)10-3-5-11(6-4-10)17-18-12(8-16)15(22)23-2/h3-6,9,17H,7H2,1-2H3,(H,19,21)/b18-12+/t9-/m1/s1. The van der Waals surface area contributed by atoms with Crippen LogP contribution >= 0.6 is 0 Å². The van der Waals surface area contributed by atoms with E-state index in [9.17, 15) is 9.59 Å². The average Bonchev–Trinajstić information content (AvgIpc) is 2.56. The first-order chi connectivity index (χ1) is 11.0. The molecule has 1 aromatic rings. The predicted octanol–water partition coefficient (Wildman–Crippen LogP) is 1.01. The highest BCUT2D eigenvalue weighted by atomic mass is 16.5. The number of rotatable bonds is 4. The van der Waals surface area contributed by atoms with E-state index >= 15 is 0 Å². The molecular weight excluding hydrogens is 298 g/mol. The van der Waals surface area contributed by atoms with Crippen molar-refractivity contribution in [1.82, 2.24) is 5.43 Å². The molecule has 0 aliphatic carbocycles. The summed E-state index contributed by atoms with van der Waals surface area (Å²) in [6, 6.07) is 8.74. The van der Waals surface area contributed by atoms with E-state index in [-0.39, 0.29) is 17.5 Å². The van der Waals surface area contributed by atoms with Gasteiger partial charge in [-0.15, -0.1) is 0 Å². The SMILES string of the molecule is COC(=O)/C(C#N)=N/Nc1ccc(C2=NNC(=O)C[C@H]2C)cc1. The van der Waals surface area contributed by atoms with Crippen LogP contribution < -0.4 is 10.9 Å². The smallest absolute Gasteiger partial charge is 0.369 e. The summed E-state index contributed by atoms with van der Waals surface area (Å²) in [5.74, 6) is -0.872. The highest BCUT2D eigenvalue weighted by Crippen LogP contribution is 2.18. The Balaban J connectivity index is 2.11. The number of carbonyl (C=O) groups excluding carboxylic acids is 2. The zero-order valence-electron chi connectivity index (χ0n) is 12.7. The van der Waals surface area contributed by atoms with Crippen LogP contribution in [0.3, 0.4) is 0 Å². The van der Waals surface area contributed by atoms with E-state index < -0.39 is 5.97 Å². The summed E-state index contributed by atoms with van der Waals surface area (Å²) in [5, 5.41) is 16.6. The molecule has 1 aromatic carbocycles. The number of nitriles is 1. The van der Waals surface area contributed by atoms with E-state index in [1.807, 2.05) is 19.1 Å². The van der Waals surface area contributed by atoms with Crippen molar-refractivity contribution in [2.24, 2.45) is 16.1 Å². The van der Waals surface area contributed by atoms with Crippen molar-refractivity contribution in [3.05, 3.63) is 29.8 Å². The summed E-state index contributed by atoms with van der Waals surface area (Å²) in [7, 11) is 1.18. The van der Waals surface area contributed by atoms with E-state index in [2.05, 4.69) is 25.8 Å². The summed E-state index contributed by atoms with van der Waals surface area (Å²) < 4.78 is 4.43. The van der Waals surface area contributed by atoms with Crippen molar-refractivity contribution >= 4 is 29.0 Å². The molecule has 0 radical (unpaired) electrons. The number of amides is 1. The third-order valence-electron chi connectivity index (χ3n) is 3.22. The van der Waals surface area contributed by atoms with Crippen LogP contribution in [0, 0.1) is 17.2 Å². The fourth-order valence-electron chi connectivity index (χ4n) is 2.05. The van der Waals surface area contributed by atoms with Crippen molar-refractivity contribution in [2.75, 3.05) is 12.5 Å². The maximum absolute atomic E-state index is 11.3. The highest BCUT2D eigenvalue weighted by Gasteiger charge is 2.21. The Morgan fingerprint density at radius 3 is 2.74 bits per heavy atom. The fraction of sp³-hybridized carbons (Fsp3) is 0.267. The molecule has 1 amide bonds. The second-order valence-corrected chi connectivity index (χ2v) is 4.89. The van der Waals surface area contributed by atoms with E-state index in [1.165, 1.54) is 7.11 Å². The number of anilines is 1. The van der Waals surface area contributed by atoms with Gasteiger partial charge in [-0.25, -0.2) is 10.2 Å². The first-order valence-corrected chi connectivity index (χ1v) is 6.84. The molecule has 8 heteroatoms. The lowest BCUT2D eigenvalue weighted by Gasteiger charge is -2.19. The molecule has 2 rings (SSSR count). The zero-order valence-corrected chi connectivity index (χ0v) is 12.7. The van der Waals surface area contributed by atoms with Crippen molar-refractivity contribution in [3.63, 3.8) is 0 Å². The van der Waals surface area contributed by atoms with E-state index in [0.29, 0.717) is 12.1 Å². The number of methoxy groups -OCH3 is 1. The number of ether oxygens (including phenoxy) is 1.